The summed E-state index contributed by atoms with van der Waals surface area (Å²) in [5.74, 6) is 0.458. The molecule has 1 aromatic heterocycles. The second kappa shape index (κ2) is 6.34. The smallest absolute Gasteiger partial charge is 0.269 e. The summed E-state index contributed by atoms with van der Waals surface area (Å²) < 4.78 is 0. The van der Waals surface area contributed by atoms with Crippen LogP contribution >= 0.6 is 23.2 Å². The lowest BCUT2D eigenvalue weighted by Crippen LogP contribution is -1.94. The Kier molecular flexibility index (Phi) is 4.24. The zero-order chi connectivity index (χ0) is 17.3. The summed E-state index contributed by atoms with van der Waals surface area (Å²) in [5.41, 5.74) is 7.27. The van der Waals surface area contributed by atoms with Crippen LogP contribution in [-0.2, 0) is 0 Å². The molecule has 3 aromatic rings. The van der Waals surface area contributed by atoms with E-state index in [9.17, 15) is 10.1 Å². The Hall–Kier alpha value is -2.84. The van der Waals surface area contributed by atoms with Gasteiger partial charge >= 0.3 is 0 Å². The van der Waals surface area contributed by atoms with Gasteiger partial charge < -0.3 is 11.1 Å². The van der Waals surface area contributed by atoms with Crippen LogP contribution in [0.25, 0.3) is 11.1 Å². The monoisotopic (exact) mass is 364 g/mol. The number of aromatic amines is 1. The van der Waals surface area contributed by atoms with Crippen molar-refractivity contribution in [2.45, 2.75) is 0 Å². The number of hydrogen-bond acceptors (Lipinski definition) is 6. The van der Waals surface area contributed by atoms with Crippen molar-refractivity contribution in [1.29, 1.82) is 0 Å². The average Bonchev–Trinajstić information content (AvgIpc) is 2.92. The predicted octanol–water partition coefficient (Wildman–Crippen LogP) is 4.01. The molecule has 0 unspecified atom stereocenters. The summed E-state index contributed by atoms with van der Waals surface area (Å²) >= 11 is 12.6. The van der Waals surface area contributed by atoms with Gasteiger partial charge in [-0.2, -0.15) is 4.98 Å². The maximum absolute atomic E-state index is 10.7. The van der Waals surface area contributed by atoms with Gasteiger partial charge in [-0.15, -0.1) is 5.10 Å². The Morgan fingerprint density at radius 1 is 1.17 bits per heavy atom. The fourth-order valence-corrected chi connectivity index (χ4v) is 2.84. The zero-order valence-corrected chi connectivity index (χ0v) is 13.5. The fourth-order valence-electron chi connectivity index (χ4n) is 2.13. The lowest BCUT2D eigenvalue weighted by Gasteiger charge is -2.10. The van der Waals surface area contributed by atoms with Crippen LogP contribution in [0.5, 0.6) is 0 Å². The van der Waals surface area contributed by atoms with Gasteiger partial charge in [0.05, 0.1) is 15.0 Å². The highest BCUT2D eigenvalue weighted by Gasteiger charge is 2.13. The molecule has 0 spiro atoms. The summed E-state index contributed by atoms with van der Waals surface area (Å²) in [7, 11) is 0. The van der Waals surface area contributed by atoms with Gasteiger partial charge in [0.1, 0.15) is 0 Å². The molecule has 122 valence electrons. The van der Waals surface area contributed by atoms with Crippen molar-refractivity contribution in [1.82, 2.24) is 15.2 Å². The number of nitro groups is 1. The number of nitrogens with two attached hydrogens (primary N) is 1. The molecule has 2 aromatic carbocycles. The number of benzene rings is 2. The van der Waals surface area contributed by atoms with Crippen LogP contribution in [0.1, 0.15) is 0 Å². The Morgan fingerprint density at radius 3 is 2.29 bits per heavy atom. The number of nitrogens with one attached hydrogen (secondary N) is 2. The molecule has 0 radical (unpaired) electrons. The summed E-state index contributed by atoms with van der Waals surface area (Å²) in [6.45, 7) is 0. The zero-order valence-electron chi connectivity index (χ0n) is 12.0. The number of hydrogen-bond donors (Lipinski definition) is 3. The van der Waals surface area contributed by atoms with E-state index in [0.717, 1.165) is 0 Å². The number of anilines is 3. The van der Waals surface area contributed by atoms with Crippen LogP contribution in [0.3, 0.4) is 0 Å². The molecule has 0 atom stereocenters. The maximum atomic E-state index is 10.7. The van der Waals surface area contributed by atoms with Crippen LogP contribution in [-0.4, -0.2) is 20.1 Å². The molecule has 0 aliphatic heterocycles. The van der Waals surface area contributed by atoms with Crippen LogP contribution < -0.4 is 11.1 Å². The molecule has 10 heteroatoms. The predicted molar refractivity (Wildman–Crippen MR) is 92.6 cm³/mol. The normalized spacial score (nSPS) is 10.6. The van der Waals surface area contributed by atoms with Crippen LogP contribution in [0.4, 0.5) is 23.3 Å². The largest absolute Gasteiger partial charge is 0.368 e. The molecule has 0 fully saturated rings. The highest BCUT2D eigenvalue weighted by molar-refractivity contribution is 6.39. The summed E-state index contributed by atoms with van der Waals surface area (Å²) in [5, 5.41) is 20.8. The van der Waals surface area contributed by atoms with E-state index in [1.54, 1.807) is 24.3 Å². The fraction of sp³-hybridized carbons (Fsp3) is 0. The van der Waals surface area contributed by atoms with E-state index in [1.807, 2.05) is 0 Å². The van der Waals surface area contributed by atoms with E-state index in [-0.39, 0.29) is 17.6 Å². The molecule has 0 amide bonds. The van der Waals surface area contributed by atoms with Crippen molar-refractivity contribution >= 4 is 46.5 Å². The standard InChI is InChI=1S/C14H10Cl2N6O2/c15-10-5-8(18-14-19-13(17)20-21-14)6-11(16)12(10)7-1-3-9(4-2-7)22(23)24/h1-6H,(H4,17,18,19,20,21). The topological polar surface area (TPSA) is 123 Å². The van der Waals surface area contributed by atoms with E-state index >= 15 is 0 Å². The lowest BCUT2D eigenvalue weighted by atomic mass is 10.0. The molecule has 8 nitrogen and oxygen atoms in total. The van der Waals surface area contributed by atoms with Crippen molar-refractivity contribution in [2.75, 3.05) is 11.1 Å². The Labute approximate surface area is 145 Å². The lowest BCUT2D eigenvalue weighted by molar-refractivity contribution is -0.384. The van der Waals surface area contributed by atoms with Gasteiger partial charge in [0.25, 0.3) is 5.69 Å². The van der Waals surface area contributed by atoms with Gasteiger partial charge in [0.15, 0.2) is 0 Å². The van der Waals surface area contributed by atoms with E-state index in [1.165, 1.54) is 12.1 Å². The highest BCUT2D eigenvalue weighted by Crippen LogP contribution is 2.38. The van der Waals surface area contributed by atoms with Crippen molar-refractivity contribution in [3.05, 3.63) is 56.6 Å². The van der Waals surface area contributed by atoms with E-state index < -0.39 is 4.92 Å². The first-order valence-electron chi connectivity index (χ1n) is 6.63. The van der Waals surface area contributed by atoms with Gasteiger partial charge in [-0.05, 0) is 29.8 Å². The number of H-pyrrole nitrogens is 1. The number of nitro benzene ring substituents is 1. The molecule has 1 heterocycles. The molecule has 24 heavy (non-hydrogen) atoms. The average molecular weight is 365 g/mol. The molecule has 3 rings (SSSR count). The van der Waals surface area contributed by atoms with Gasteiger partial charge in [0.2, 0.25) is 11.9 Å². The summed E-state index contributed by atoms with van der Waals surface area (Å²) in [4.78, 5) is 14.2. The molecule has 0 aliphatic carbocycles. The van der Waals surface area contributed by atoms with Gasteiger partial charge in [0, 0.05) is 23.4 Å². The molecular formula is C14H10Cl2N6O2. The van der Waals surface area contributed by atoms with Crippen LogP contribution in [0, 0.1) is 10.1 Å². The van der Waals surface area contributed by atoms with Gasteiger partial charge in [-0.25, -0.2) is 5.10 Å². The number of halogens is 2. The molecule has 0 saturated carbocycles. The summed E-state index contributed by atoms with van der Waals surface area (Å²) in [6, 6.07) is 9.27. The minimum atomic E-state index is -0.470. The molecule has 4 N–H and O–H groups in total. The number of nitrogen functional groups attached to an aromatic ring is 1. The second-order valence-corrected chi connectivity index (χ2v) is 5.60. The van der Waals surface area contributed by atoms with Crippen LogP contribution in [0.2, 0.25) is 10.0 Å². The highest BCUT2D eigenvalue weighted by atomic mass is 35.5. The SMILES string of the molecule is Nc1nc(Nc2cc(Cl)c(-c3ccc([N+](=O)[O-])cc3)c(Cl)c2)n[nH]1. The third-order valence-electron chi connectivity index (χ3n) is 3.17. The quantitative estimate of drug-likeness (QED) is 0.474. The third-order valence-corrected chi connectivity index (χ3v) is 3.76. The van der Waals surface area contributed by atoms with Crippen LogP contribution in [0.15, 0.2) is 36.4 Å². The number of non-ortho nitro benzene ring substituents is 1. The van der Waals surface area contributed by atoms with Gasteiger partial charge in [-0.1, -0.05) is 23.2 Å². The van der Waals surface area contributed by atoms with E-state index in [4.69, 9.17) is 28.9 Å². The van der Waals surface area contributed by atoms with Crippen molar-refractivity contribution in [3.8, 4) is 11.1 Å². The Bertz CT molecular complexity index is 887. The van der Waals surface area contributed by atoms with Gasteiger partial charge in [-0.3, -0.25) is 10.1 Å². The Morgan fingerprint density at radius 2 is 1.79 bits per heavy atom. The minimum Gasteiger partial charge on any atom is -0.368 e. The minimum absolute atomic E-state index is 0.00789. The number of nitrogens with zero attached hydrogens (tertiary/aromatic N) is 3. The van der Waals surface area contributed by atoms with Crippen molar-refractivity contribution in [2.24, 2.45) is 0 Å². The maximum Gasteiger partial charge on any atom is 0.269 e. The third kappa shape index (κ3) is 3.24. The molecule has 0 aliphatic rings. The molecule has 0 saturated heterocycles. The first-order chi connectivity index (χ1) is 11.4. The van der Waals surface area contributed by atoms with Crippen molar-refractivity contribution < 1.29 is 4.92 Å². The number of aromatic nitrogens is 3. The Balaban J connectivity index is 1.93. The van der Waals surface area contributed by atoms with E-state index in [2.05, 4.69) is 20.5 Å². The number of rotatable bonds is 4. The molecule has 0 bridgehead atoms. The van der Waals surface area contributed by atoms with Crippen molar-refractivity contribution in [3.63, 3.8) is 0 Å². The van der Waals surface area contributed by atoms with E-state index in [0.29, 0.717) is 26.9 Å². The molecular weight excluding hydrogens is 355 g/mol. The first-order valence-corrected chi connectivity index (χ1v) is 7.38. The summed E-state index contributed by atoms with van der Waals surface area (Å²) in [6.07, 6.45) is 0. The second-order valence-electron chi connectivity index (χ2n) is 4.79. The first kappa shape index (κ1) is 16.0.